The molecule has 0 bridgehead atoms. The Morgan fingerprint density at radius 3 is 2.12 bits per heavy atom. The van der Waals surface area contributed by atoms with Crippen molar-refractivity contribution in [3.63, 3.8) is 0 Å². The number of hydrogen-bond acceptors (Lipinski definition) is 6. The molecule has 2 saturated heterocycles. The number of allylic oxidation sites excluding steroid dienone is 2. The van der Waals surface area contributed by atoms with Gasteiger partial charge in [-0.15, -0.1) is 0 Å². The zero-order valence-electron chi connectivity index (χ0n) is 30.0. The molecular weight excluding hydrogens is 594 g/mol. The molecule has 1 N–H and O–H groups in total. The van der Waals surface area contributed by atoms with Crippen molar-refractivity contribution >= 4 is 35.5 Å². The number of benzene rings is 2. The zero-order valence-corrected chi connectivity index (χ0v) is 30.0. The summed E-state index contributed by atoms with van der Waals surface area (Å²) in [6.45, 7) is 20.6. The summed E-state index contributed by atoms with van der Waals surface area (Å²) in [5.41, 5.74) is 7.02. The Hall–Kier alpha value is -3.71. The number of rotatable bonds is 17. The first-order chi connectivity index (χ1) is 23.3. The number of piperidine rings is 1. The van der Waals surface area contributed by atoms with Crippen LogP contribution in [0.1, 0.15) is 90.5 Å². The number of hydrogen-bond donors (Lipinski definition) is 1. The van der Waals surface area contributed by atoms with E-state index in [9.17, 15) is 9.59 Å². The van der Waals surface area contributed by atoms with Crippen LogP contribution in [0.4, 0.5) is 17.1 Å². The van der Waals surface area contributed by atoms with E-state index in [0.717, 1.165) is 93.6 Å². The van der Waals surface area contributed by atoms with Crippen molar-refractivity contribution in [1.29, 1.82) is 0 Å². The fraction of sp³-hybridized carbons (Fsp3) is 0.537. The SMILES string of the molecule is C=C(CC)/C(=C\N=C(C)Nc1ccc(N2CCC(CN3CCN(c4ccc(C(C=O)CCC=O)cc4)CC3)CC2)cc1)CCC(C)CC. The van der Waals surface area contributed by atoms with Gasteiger partial charge in [0.15, 0.2) is 0 Å². The molecule has 7 heteroatoms. The maximum Gasteiger partial charge on any atom is 0.127 e. The largest absolute Gasteiger partial charge is 0.372 e. The molecule has 2 aliphatic heterocycles. The second-order valence-electron chi connectivity index (χ2n) is 13.8. The Morgan fingerprint density at radius 2 is 1.54 bits per heavy atom. The summed E-state index contributed by atoms with van der Waals surface area (Å²) in [6, 6.07) is 17.2. The van der Waals surface area contributed by atoms with Gasteiger partial charge in [-0.05, 0) is 105 Å². The summed E-state index contributed by atoms with van der Waals surface area (Å²) in [5, 5.41) is 3.47. The highest BCUT2D eigenvalue weighted by atomic mass is 16.1. The van der Waals surface area contributed by atoms with Crippen LogP contribution in [0.15, 0.2) is 77.4 Å². The van der Waals surface area contributed by atoms with Gasteiger partial charge in [-0.3, -0.25) is 4.90 Å². The van der Waals surface area contributed by atoms with Crippen LogP contribution in [0.25, 0.3) is 0 Å². The van der Waals surface area contributed by atoms with Crippen molar-refractivity contribution in [2.45, 2.75) is 85.0 Å². The fourth-order valence-corrected chi connectivity index (χ4v) is 6.76. The van der Waals surface area contributed by atoms with Gasteiger partial charge in [0.2, 0.25) is 0 Å². The third-order valence-corrected chi connectivity index (χ3v) is 10.4. The molecule has 2 heterocycles. The van der Waals surface area contributed by atoms with Crippen molar-refractivity contribution in [2.75, 3.05) is 60.9 Å². The van der Waals surface area contributed by atoms with Gasteiger partial charge in [0.1, 0.15) is 18.4 Å². The van der Waals surface area contributed by atoms with Crippen LogP contribution >= 0.6 is 0 Å². The van der Waals surface area contributed by atoms with Gasteiger partial charge in [0.05, 0.1) is 0 Å². The van der Waals surface area contributed by atoms with Crippen LogP contribution in [0, 0.1) is 11.8 Å². The zero-order chi connectivity index (χ0) is 34.3. The Balaban J connectivity index is 1.19. The maximum atomic E-state index is 11.5. The third kappa shape index (κ3) is 11.2. The van der Waals surface area contributed by atoms with Crippen LogP contribution in [0.2, 0.25) is 0 Å². The third-order valence-electron chi connectivity index (χ3n) is 10.4. The molecule has 2 fully saturated rings. The topological polar surface area (TPSA) is 68.2 Å². The van der Waals surface area contributed by atoms with Crippen molar-refractivity contribution in [2.24, 2.45) is 16.8 Å². The fourth-order valence-electron chi connectivity index (χ4n) is 6.76. The molecule has 2 unspecified atom stereocenters. The standard InChI is InChI=1S/C41H59N5O2/c1-6-32(3)10-11-37(33(4)7-2)29-42-34(5)43-39-14-18-41(19-15-39)45-22-20-35(21-23-45)30-44-24-26-46(27-25-44)40-16-12-36(13-17-40)38(31-48)9-8-28-47/h12-19,28-29,31-32,35,38H,4,6-11,20-27,30H2,1-3,5H3,(H,42,43)/b37-29-. The Kier molecular flexibility index (Phi) is 14.9. The van der Waals surface area contributed by atoms with Crippen molar-refractivity contribution in [3.8, 4) is 0 Å². The van der Waals surface area contributed by atoms with Crippen LogP contribution in [0.3, 0.4) is 0 Å². The lowest BCUT2D eigenvalue weighted by molar-refractivity contribution is -0.109. The summed E-state index contributed by atoms with van der Waals surface area (Å²) in [6.07, 6.45) is 11.7. The summed E-state index contributed by atoms with van der Waals surface area (Å²) in [7, 11) is 0. The number of amidine groups is 1. The van der Waals surface area contributed by atoms with Gasteiger partial charge in [-0.2, -0.15) is 0 Å². The van der Waals surface area contributed by atoms with Crippen LogP contribution in [0.5, 0.6) is 0 Å². The second-order valence-corrected chi connectivity index (χ2v) is 13.8. The average Bonchev–Trinajstić information content (AvgIpc) is 3.12. The van der Waals surface area contributed by atoms with Gasteiger partial charge < -0.3 is 24.7 Å². The van der Waals surface area contributed by atoms with E-state index in [1.807, 2.05) is 25.3 Å². The number of anilines is 3. The van der Waals surface area contributed by atoms with E-state index < -0.39 is 0 Å². The minimum absolute atomic E-state index is 0.198. The van der Waals surface area contributed by atoms with Gasteiger partial charge in [0.25, 0.3) is 0 Å². The van der Waals surface area contributed by atoms with E-state index in [1.54, 1.807) is 0 Å². The van der Waals surface area contributed by atoms with E-state index in [4.69, 9.17) is 4.99 Å². The van der Waals surface area contributed by atoms with Crippen LogP contribution < -0.4 is 15.1 Å². The minimum Gasteiger partial charge on any atom is -0.372 e. The number of aliphatic imine (C=N–C) groups is 1. The molecular formula is C41H59N5O2. The number of aldehydes is 2. The predicted molar refractivity (Wildman–Crippen MR) is 204 cm³/mol. The van der Waals surface area contributed by atoms with Gasteiger partial charge in [-0.25, -0.2) is 4.99 Å². The van der Waals surface area contributed by atoms with Crippen LogP contribution in [-0.4, -0.2) is 69.1 Å². The van der Waals surface area contributed by atoms with Gasteiger partial charge in [-0.1, -0.05) is 51.5 Å². The molecule has 0 spiro atoms. The molecule has 0 radical (unpaired) electrons. The maximum absolute atomic E-state index is 11.5. The Morgan fingerprint density at radius 1 is 0.917 bits per heavy atom. The van der Waals surface area contributed by atoms with Gasteiger partial charge >= 0.3 is 0 Å². The minimum atomic E-state index is -0.198. The highest BCUT2D eigenvalue weighted by Gasteiger charge is 2.24. The van der Waals surface area contributed by atoms with Gasteiger partial charge in [0, 0.05) is 81.4 Å². The summed E-state index contributed by atoms with van der Waals surface area (Å²) in [4.78, 5) is 34.6. The number of nitrogens with one attached hydrogen (secondary N) is 1. The Labute approximate surface area is 290 Å². The lowest BCUT2D eigenvalue weighted by atomic mass is 9.95. The first kappa shape index (κ1) is 37.1. The van der Waals surface area contributed by atoms with E-state index in [2.05, 4.69) is 83.8 Å². The lowest BCUT2D eigenvalue weighted by Gasteiger charge is -2.40. The summed E-state index contributed by atoms with van der Waals surface area (Å²) < 4.78 is 0. The lowest BCUT2D eigenvalue weighted by Crippen LogP contribution is -2.49. The molecule has 4 rings (SSSR count). The van der Waals surface area contributed by atoms with E-state index in [0.29, 0.717) is 12.8 Å². The monoisotopic (exact) mass is 653 g/mol. The van der Waals surface area contributed by atoms with Crippen molar-refractivity contribution < 1.29 is 9.59 Å². The van der Waals surface area contributed by atoms with E-state index in [-0.39, 0.29) is 5.92 Å². The molecule has 48 heavy (non-hydrogen) atoms. The number of piperazine rings is 1. The number of carbonyl (C=O) groups is 2. The van der Waals surface area contributed by atoms with E-state index >= 15 is 0 Å². The van der Waals surface area contributed by atoms with Crippen molar-refractivity contribution in [3.05, 3.63) is 78.0 Å². The molecule has 2 atom stereocenters. The highest BCUT2D eigenvalue weighted by Crippen LogP contribution is 2.27. The van der Waals surface area contributed by atoms with E-state index in [1.165, 1.54) is 54.7 Å². The first-order valence-corrected chi connectivity index (χ1v) is 18.3. The summed E-state index contributed by atoms with van der Waals surface area (Å²) >= 11 is 0. The molecule has 0 saturated carbocycles. The molecule has 0 aliphatic carbocycles. The average molecular weight is 654 g/mol. The molecule has 260 valence electrons. The molecule has 2 aromatic carbocycles. The molecule has 2 aliphatic rings. The molecule has 0 amide bonds. The number of nitrogens with zero attached hydrogens (tertiary/aromatic N) is 4. The summed E-state index contributed by atoms with van der Waals surface area (Å²) in [5.74, 6) is 2.15. The smallest absolute Gasteiger partial charge is 0.127 e. The second kappa shape index (κ2) is 19.3. The Bertz CT molecular complexity index is 1350. The molecule has 7 nitrogen and oxygen atoms in total. The van der Waals surface area contributed by atoms with Crippen molar-refractivity contribution in [1.82, 2.24) is 4.90 Å². The predicted octanol–water partition coefficient (Wildman–Crippen LogP) is 8.49. The molecule has 0 aromatic heterocycles. The van der Waals surface area contributed by atoms with Crippen LogP contribution in [-0.2, 0) is 9.59 Å². The first-order valence-electron chi connectivity index (χ1n) is 18.3. The highest BCUT2D eigenvalue weighted by molar-refractivity contribution is 5.94. The quantitative estimate of drug-likeness (QED) is 0.0800. The molecule has 2 aromatic rings. The number of carbonyl (C=O) groups excluding carboxylic acids is 2. The normalized spacial score (nSPS) is 18.0.